The van der Waals surface area contributed by atoms with Gasteiger partial charge in [0.25, 0.3) is 0 Å². The summed E-state index contributed by atoms with van der Waals surface area (Å²) >= 11 is 0. The predicted octanol–water partition coefficient (Wildman–Crippen LogP) is 3.02. The van der Waals surface area contributed by atoms with Gasteiger partial charge in [0, 0.05) is 30.7 Å². The van der Waals surface area contributed by atoms with Crippen LogP contribution in [0.15, 0.2) is 12.3 Å². The molecule has 1 spiro atoms. The number of alkyl halides is 3. The Morgan fingerprint density at radius 2 is 2.07 bits per heavy atom. The molecule has 0 unspecified atom stereocenters. The summed E-state index contributed by atoms with van der Waals surface area (Å²) in [5.41, 5.74) is -1.34. The normalized spacial score (nSPS) is 22.1. The molecule has 2 fully saturated rings. The summed E-state index contributed by atoms with van der Waals surface area (Å²) in [6.07, 6.45) is -1.04. The molecule has 1 N–H and O–H groups in total. The molecule has 1 aromatic rings. The molecular formula is C19H26F3N3O2. The van der Waals surface area contributed by atoms with E-state index in [0.717, 1.165) is 32.0 Å². The number of likely N-dealkylation sites (N-methyl/N-ethyl adjacent to an activating group) is 1. The van der Waals surface area contributed by atoms with E-state index in [1.165, 1.54) is 13.1 Å². The zero-order chi connectivity index (χ0) is 20.0. The van der Waals surface area contributed by atoms with E-state index >= 15 is 0 Å². The molecule has 3 rings (SSSR count). The third-order valence-corrected chi connectivity index (χ3v) is 5.49. The Balaban J connectivity index is 1.66. The molecule has 0 aromatic carbocycles. The number of likely N-dealkylation sites (tertiary alicyclic amines) is 1. The second-order valence-electron chi connectivity index (χ2n) is 8.62. The predicted molar refractivity (Wildman–Crippen MR) is 94.3 cm³/mol. The van der Waals surface area contributed by atoms with Crippen LogP contribution in [0.3, 0.4) is 0 Å². The number of amides is 1. The lowest BCUT2D eigenvalue weighted by Crippen LogP contribution is -2.49. The van der Waals surface area contributed by atoms with Gasteiger partial charge in [-0.2, -0.15) is 13.2 Å². The third-order valence-electron chi connectivity index (χ3n) is 5.49. The molecular weight excluding hydrogens is 359 g/mol. The van der Waals surface area contributed by atoms with Crippen LogP contribution in [0.1, 0.15) is 37.8 Å². The van der Waals surface area contributed by atoms with Gasteiger partial charge in [0.2, 0.25) is 11.8 Å². The Morgan fingerprint density at radius 3 is 2.67 bits per heavy atom. The first-order valence-electron chi connectivity index (χ1n) is 9.09. The number of hydrogen-bond donors (Lipinski definition) is 1. The summed E-state index contributed by atoms with van der Waals surface area (Å²) in [7, 11) is 2.03. The highest BCUT2D eigenvalue weighted by Crippen LogP contribution is 2.52. The van der Waals surface area contributed by atoms with Crippen molar-refractivity contribution in [1.82, 2.24) is 15.2 Å². The van der Waals surface area contributed by atoms with Gasteiger partial charge in [-0.15, -0.1) is 0 Å². The number of carbonyl (C=O) groups excluding carboxylic acids is 1. The molecule has 1 aliphatic carbocycles. The first-order chi connectivity index (χ1) is 12.4. The largest absolute Gasteiger partial charge is 0.476 e. The quantitative estimate of drug-likeness (QED) is 0.847. The molecule has 1 aliphatic heterocycles. The van der Waals surface area contributed by atoms with Gasteiger partial charge in [0.1, 0.15) is 12.2 Å². The van der Waals surface area contributed by atoms with Crippen LogP contribution in [0.5, 0.6) is 5.88 Å². The fraction of sp³-hybridized carbons (Fsp3) is 0.684. The van der Waals surface area contributed by atoms with Crippen molar-refractivity contribution in [2.75, 3.05) is 26.7 Å². The molecule has 8 heteroatoms. The number of nitrogens with zero attached hydrogens (tertiary/aromatic N) is 2. The van der Waals surface area contributed by atoms with Crippen LogP contribution in [0.25, 0.3) is 0 Å². The molecule has 0 bridgehead atoms. The van der Waals surface area contributed by atoms with Gasteiger partial charge in [0.05, 0.1) is 5.41 Å². The molecule has 1 amide bonds. The second-order valence-corrected chi connectivity index (χ2v) is 8.62. The highest BCUT2D eigenvalue weighted by Gasteiger charge is 2.55. The van der Waals surface area contributed by atoms with Gasteiger partial charge < -0.3 is 15.0 Å². The maximum atomic E-state index is 13.2. The first kappa shape index (κ1) is 19.9. The highest BCUT2D eigenvalue weighted by atomic mass is 19.4. The van der Waals surface area contributed by atoms with Gasteiger partial charge in [-0.1, -0.05) is 0 Å². The number of aryl methyl sites for hydroxylation is 1. The summed E-state index contributed by atoms with van der Waals surface area (Å²) in [5.74, 6) is -0.706. The zero-order valence-corrected chi connectivity index (χ0v) is 16.1. The minimum Gasteiger partial charge on any atom is -0.476 e. The molecule has 1 saturated carbocycles. The summed E-state index contributed by atoms with van der Waals surface area (Å²) in [6.45, 7) is 6.45. The van der Waals surface area contributed by atoms with E-state index in [2.05, 4.69) is 15.2 Å². The Bertz CT molecular complexity index is 729. The number of pyridine rings is 1. The third kappa shape index (κ3) is 4.20. The zero-order valence-electron chi connectivity index (χ0n) is 16.1. The standard InChI is InChI=1S/C19H26F3N3O2/c1-12-7-13(19(20,21)22)15(23-8-12)27-11-17(2,3)16(26)24-14-9-25(4)10-18(14)5-6-18/h7-8,14H,5-6,9-11H2,1-4H3,(H,24,26)/t14-/m0/s1. The average molecular weight is 385 g/mol. The SMILES string of the molecule is Cc1cnc(OCC(C)(C)C(=O)N[C@H]2CN(C)CC23CC3)c(C(F)(F)F)c1. The van der Waals surface area contributed by atoms with Gasteiger partial charge in [-0.05, 0) is 52.3 Å². The molecule has 150 valence electrons. The van der Waals surface area contributed by atoms with Crippen LogP contribution in [0.2, 0.25) is 0 Å². The smallest absolute Gasteiger partial charge is 0.421 e. The van der Waals surface area contributed by atoms with Crippen LogP contribution in [0, 0.1) is 17.8 Å². The molecule has 27 heavy (non-hydrogen) atoms. The molecule has 1 atom stereocenters. The van der Waals surface area contributed by atoms with Crippen LogP contribution >= 0.6 is 0 Å². The lowest BCUT2D eigenvalue weighted by Gasteiger charge is -2.28. The van der Waals surface area contributed by atoms with Gasteiger partial charge in [0.15, 0.2) is 0 Å². The van der Waals surface area contributed by atoms with E-state index in [0.29, 0.717) is 5.56 Å². The summed E-state index contributed by atoms with van der Waals surface area (Å²) in [5, 5.41) is 3.09. The van der Waals surface area contributed by atoms with Crippen molar-refractivity contribution in [3.8, 4) is 5.88 Å². The van der Waals surface area contributed by atoms with E-state index in [-0.39, 0.29) is 24.0 Å². The molecule has 0 radical (unpaired) electrons. The van der Waals surface area contributed by atoms with Crippen LogP contribution in [-0.4, -0.2) is 48.6 Å². The van der Waals surface area contributed by atoms with Crippen molar-refractivity contribution in [2.45, 2.75) is 45.8 Å². The van der Waals surface area contributed by atoms with Crippen LogP contribution in [-0.2, 0) is 11.0 Å². The number of ether oxygens (including phenoxy) is 1. The van der Waals surface area contributed by atoms with E-state index < -0.39 is 23.0 Å². The van der Waals surface area contributed by atoms with Gasteiger partial charge in [-0.3, -0.25) is 4.79 Å². The fourth-order valence-corrected chi connectivity index (χ4v) is 3.63. The van der Waals surface area contributed by atoms with Crippen molar-refractivity contribution in [3.05, 3.63) is 23.4 Å². The molecule has 1 saturated heterocycles. The minimum absolute atomic E-state index is 0.0810. The van der Waals surface area contributed by atoms with Crippen molar-refractivity contribution >= 4 is 5.91 Å². The van der Waals surface area contributed by atoms with E-state index in [1.807, 2.05) is 7.05 Å². The van der Waals surface area contributed by atoms with Crippen molar-refractivity contribution < 1.29 is 22.7 Å². The summed E-state index contributed by atoms with van der Waals surface area (Å²) in [4.78, 5) is 18.7. The number of hydrogen-bond acceptors (Lipinski definition) is 4. The molecule has 5 nitrogen and oxygen atoms in total. The Hall–Kier alpha value is -1.83. The van der Waals surface area contributed by atoms with Crippen molar-refractivity contribution in [1.29, 1.82) is 0 Å². The number of rotatable bonds is 5. The summed E-state index contributed by atoms with van der Waals surface area (Å²) < 4.78 is 45.0. The minimum atomic E-state index is -4.56. The molecule has 2 aliphatic rings. The van der Waals surface area contributed by atoms with E-state index in [1.54, 1.807) is 13.8 Å². The topological polar surface area (TPSA) is 54.5 Å². The maximum Gasteiger partial charge on any atom is 0.421 e. The monoisotopic (exact) mass is 385 g/mol. The van der Waals surface area contributed by atoms with Crippen LogP contribution in [0.4, 0.5) is 13.2 Å². The maximum absolute atomic E-state index is 13.2. The summed E-state index contributed by atoms with van der Waals surface area (Å²) in [6, 6.07) is 1.08. The van der Waals surface area contributed by atoms with Gasteiger partial charge >= 0.3 is 6.18 Å². The lowest BCUT2D eigenvalue weighted by atomic mass is 9.91. The number of aromatic nitrogens is 1. The highest BCUT2D eigenvalue weighted by molar-refractivity contribution is 5.82. The fourth-order valence-electron chi connectivity index (χ4n) is 3.63. The van der Waals surface area contributed by atoms with Crippen molar-refractivity contribution in [3.63, 3.8) is 0 Å². The van der Waals surface area contributed by atoms with Gasteiger partial charge in [-0.25, -0.2) is 4.98 Å². The van der Waals surface area contributed by atoms with E-state index in [9.17, 15) is 18.0 Å². The second kappa shape index (κ2) is 6.65. The Morgan fingerprint density at radius 1 is 1.41 bits per heavy atom. The first-order valence-corrected chi connectivity index (χ1v) is 9.09. The number of carbonyl (C=O) groups is 1. The Labute approximate surface area is 157 Å². The molecule has 1 aromatic heterocycles. The average Bonchev–Trinajstić information content (AvgIpc) is 3.25. The lowest BCUT2D eigenvalue weighted by molar-refractivity contribution is -0.139. The van der Waals surface area contributed by atoms with Crippen molar-refractivity contribution in [2.24, 2.45) is 10.8 Å². The number of nitrogens with one attached hydrogen (secondary N) is 1. The Kier molecular flexibility index (Phi) is 4.91. The number of halogens is 3. The van der Waals surface area contributed by atoms with Crippen LogP contribution < -0.4 is 10.1 Å². The van der Waals surface area contributed by atoms with E-state index in [4.69, 9.17) is 4.74 Å². The molecule has 2 heterocycles.